The largest absolute Gasteiger partial charge is 0.493 e. The molecule has 5 nitrogen and oxygen atoms in total. The van der Waals surface area contributed by atoms with Crippen molar-refractivity contribution in [3.63, 3.8) is 0 Å². The van der Waals surface area contributed by atoms with Gasteiger partial charge in [0.15, 0.2) is 16.6 Å². The molecule has 0 aliphatic heterocycles. The second-order valence-electron chi connectivity index (χ2n) is 4.55. The number of nitrogens with zero attached hydrogens (tertiary/aromatic N) is 1. The highest BCUT2D eigenvalue weighted by Crippen LogP contribution is 2.33. The van der Waals surface area contributed by atoms with Gasteiger partial charge in [-0.15, -0.1) is 11.3 Å². The van der Waals surface area contributed by atoms with Gasteiger partial charge in [0.25, 0.3) is 5.91 Å². The Morgan fingerprint density at radius 3 is 2.64 bits per heavy atom. The van der Waals surface area contributed by atoms with Gasteiger partial charge in [-0.2, -0.15) is 0 Å². The van der Waals surface area contributed by atoms with Crippen LogP contribution in [0.1, 0.15) is 28.5 Å². The highest BCUT2D eigenvalue weighted by molar-refractivity contribution is 7.13. The van der Waals surface area contributed by atoms with Gasteiger partial charge in [0.2, 0.25) is 0 Å². The fourth-order valence-electron chi connectivity index (χ4n) is 2.01. The minimum atomic E-state index is -0.235. The Morgan fingerprint density at radius 1 is 1.32 bits per heavy atom. The lowest BCUT2D eigenvalue weighted by Gasteiger charge is -2.13. The Bertz CT molecular complexity index is 707. The van der Waals surface area contributed by atoms with Crippen LogP contribution < -0.4 is 14.8 Å². The Morgan fingerprint density at radius 2 is 2.09 bits per heavy atom. The molecule has 1 amide bonds. The summed E-state index contributed by atoms with van der Waals surface area (Å²) in [5.41, 5.74) is 2.14. The van der Waals surface area contributed by atoms with E-state index in [9.17, 15) is 4.79 Å². The van der Waals surface area contributed by atoms with Crippen LogP contribution in [0.25, 0.3) is 6.08 Å². The molecule has 1 aromatic carbocycles. The Balaban J connectivity index is 2.37. The number of thiazole rings is 1. The molecule has 1 N–H and O–H groups in total. The van der Waals surface area contributed by atoms with Crippen molar-refractivity contribution < 1.29 is 14.3 Å². The third kappa shape index (κ3) is 3.46. The van der Waals surface area contributed by atoms with Crippen LogP contribution in [0.5, 0.6) is 11.5 Å². The van der Waals surface area contributed by atoms with E-state index in [4.69, 9.17) is 9.47 Å². The number of hydrogen-bond donors (Lipinski definition) is 1. The van der Waals surface area contributed by atoms with E-state index in [-0.39, 0.29) is 5.91 Å². The fraction of sp³-hybridized carbons (Fsp3) is 0.250. The number of amides is 1. The molecule has 0 bridgehead atoms. The summed E-state index contributed by atoms with van der Waals surface area (Å²) < 4.78 is 10.7. The number of ether oxygens (including phenoxy) is 2. The number of aryl methyl sites for hydroxylation is 1. The van der Waals surface area contributed by atoms with Gasteiger partial charge in [0.05, 0.1) is 19.9 Å². The van der Waals surface area contributed by atoms with E-state index in [0.717, 1.165) is 11.3 Å². The number of hydrogen-bond acceptors (Lipinski definition) is 5. The standard InChI is InChI=1S/C16H18N2O3S/c1-5-6-11-7-12(8-13(20-3)14(11)21-4)15(19)18-16-17-10(2)9-22-16/h5-9H,1-4H3,(H,17,18,19). The van der Waals surface area contributed by atoms with Crippen LogP contribution in [0, 0.1) is 6.92 Å². The lowest BCUT2D eigenvalue weighted by molar-refractivity contribution is 0.102. The fourth-order valence-corrected chi connectivity index (χ4v) is 2.69. The summed E-state index contributed by atoms with van der Waals surface area (Å²) in [6.07, 6.45) is 3.74. The van der Waals surface area contributed by atoms with E-state index in [1.165, 1.54) is 11.3 Å². The van der Waals surface area contributed by atoms with E-state index in [1.807, 2.05) is 31.4 Å². The maximum Gasteiger partial charge on any atom is 0.257 e. The number of benzene rings is 1. The van der Waals surface area contributed by atoms with Crippen LogP contribution in [0.2, 0.25) is 0 Å². The first-order valence-electron chi connectivity index (χ1n) is 6.71. The zero-order chi connectivity index (χ0) is 16.1. The molecule has 0 fully saturated rings. The summed E-state index contributed by atoms with van der Waals surface area (Å²) in [7, 11) is 3.12. The lowest BCUT2D eigenvalue weighted by atomic mass is 10.1. The van der Waals surface area contributed by atoms with E-state index in [2.05, 4.69) is 10.3 Å². The lowest BCUT2D eigenvalue weighted by Crippen LogP contribution is -2.12. The molecule has 0 spiro atoms. The minimum Gasteiger partial charge on any atom is -0.493 e. The van der Waals surface area contributed by atoms with Gasteiger partial charge >= 0.3 is 0 Å². The van der Waals surface area contributed by atoms with Crippen molar-refractivity contribution in [3.8, 4) is 11.5 Å². The Kier molecular flexibility index (Phi) is 5.16. The van der Waals surface area contributed by atoms with Crippen molar-refractivity contribution in [2.24, 2.45) is 0 Å². The predicted octanol–water partition coefficient (Wildman–Crippen LogP) is 3.75. The summed E-state index contributed by atoms with van der Waals surface area (Å²) in [6.45, 7) is 3.78. The van der Waals surface area contributed by atoms with Crippen LogP contribution in [0.15, 0.2) is 23.6 Å². The van der Waals surface area contributed by atoms with Crippen LogP contribution in [0.4, 0.5) is 5.13 Å². The Hall–Kier alpha value is -2.34. The maximum absolute atomic E-state index is 12.4. The first-order chi connectivity index (χ1) is 10.6. The number of anilines is 1. The second kappa shape index (κ2) is 7.09. The third-order valence-electron chi connectivity index (χ3n) is 2.96. The average Bonchev–Trinajstić information content (AvgIpc) is 2.91. The number of aromatic nitrogens is 1. The highest BCUT2D eigenvalue weighted by atomic mass is 32.1. The van der Waals surface area contributed by atoms with Crippen molar-refractivity contribution >= 4 is 28.5 Å². The molecule has 2 aromatic rings. The van der Waals surface area contributed by atoms with Crippen LogP contribution in [-0.2, 0) is 0 Å². The van der Waals surface area contributed by atoms with E-state index in [0.29, 0.717) is 22.2 Å². The van der Waals surface area contributed by atoms with Gasteiger partial charge in [-0.05, 0) is 26.0 Å². The van der Waals surface area contributed by atoms with Gasteiger partial charge in [-0.1, -0.05) is 12.2 Å². The molecule has 0 unspecified atom stereocenters. The average molecular weight is 318 g/mol. The molecule has 22 heavy (non-hydrogen) atoms. The minimum absolute atomic E-state index is 0.235. The smallest absolute Gasteiger partial charge is 0.257 e. The van der Waals surface area contributed by atoms with Gasteiger partial charge in [-0.25, -0.2) is 4.98 Å². The normalized spacial score (nSPS) is 10.7. The van der Waals surface area contributed by atoms with Crippen molar-refractivity contribution in [2.45, 2.75) is 13.8 Å². The van der Waals surface area contributed by atoms with Crippen LogP contribution in [0.3, 0.4) is 0 Å². The number of nitrogens with one attached hydrogen (secondary N) is 1. The summed E-state index contributed by atoms with van der Waals surface area (Å²) in [5.74, 6) is 0.877. The van der Waals surface area contributed by atoms with Gasteiger partial charge in [0.1, 0.15) is 0 Å². The topological polar surface area (TPSA) is 60.5 Å². The van der Waals surface area contributed by atoms with Crippen LogP contribution in [-0.4, -0.2) is 25.1 Å². The first kappa shape index (κ1) is 16.0. The number of rotatable bonds is 5. The quantitative estimate of drug-likeness (QED) is 0.912. The highest BCUT2D eigenvalue weighted by Gasteiger charge is 2.15. The molecule has 6 heteroatoms. The molecule has 2 rings (SSSR count). The van der Waals surface area contributed by atoms with Gasteiger partial charge < -0.3 is 9.47 Å². The van der Waals surface area contributed by atoms with Crippen LogP contribution >= 0.6 is 11.3 Å². The molecular weight excluding hydrogens is 300 g/mol. The predicted molar refractivity (Wildman–Crippen MR) is 89.1 cm³/mol. The molecule has 0 atom stereocenters. The molecule has 116 valence electrons. The van der Waals surface area contributed by atoms with E-state index in [1.54, 1.807) is 26.4 Å². The van der Waals surface area contributed by atoms with Crippen molar-refractivity contribution in [3.05, 3.63) is 40.4 Å². The number of allylic oxidation sites excluding steroid dienone is 1. The zero-order valence-corrected chi connectivity index (χ0v) is 13.8. The van der Waals surface area contributed by atoms with E-state index < -0.39 is 0 Å². The third-order valence-corrected chi connectivity index (χ3v) is 3.83. The molecule has 0 aliphatic rings. The SMILES string of the molecule is CC=Cc1cc(C(=O)Nc2nc(C)cs2)cc(OC)c1OC. The van der Waals surface area contributed by atoms with Crippen molar-refractivity contribution in [1.29, 1.82) is 0 Å². The summed E-state index contributed by atoms with van der Waals surface area (Å²) >= 11 is 1.39. The van der Waals surface area contributed by atoms with Gasteiger partial charge in [0, 0.05) is 16.5 Å². The zero-order valence-electron chi connectivity index (χ0n) is 13.0. The number of carbonyl (C=O) groups excluding carboxylic acids is 1. The first-order valence-corrected chi connectivity index (χ1v) is 7.59. The van der Waals surface area contributed by atoms with E-state index >= 15 is 0 Å². The summed E-state index contributed by atoms with van der Waals surface area (Å²) in [4.78, 5) is 16.6. The molecule has 1 aromatic heterocycles. The number of methoxy groups -OCH3 is 2. The molecular formula is C16H18N2O3S. The van der Waals surface area contributed by atoms with Crippen molar-refractivity contribution in [1.82, 2.24) is 4.98 Å². The monoisotopic (exact) mass is 318 g/mol. The summed E-state index contributed by atoms with van der Waals surface area (Å²) in [6, 6.07) is 3.42. The molecule has 0 radical (unpaired) electrons. The van der Waals surface area contributed by atoms with Gasteiger partial charge in [-0.3, -0.25) is 10.1 Å². The Labute approximate surface area is 133 Å². The molecule has 1 heterocycles. The molecule has 0 saturated heterocycles. The number of carbonyl (C=O) groups is 1. The molecule has 0 aliphatic carbocycles. The summed E-state index contributed by atoms with van der Waals surface area (Å²) in [5, 5.41) is 5.24. The molecule has 0 saturated carbocycles. The van der Waals surface area contributed by atoms with Crippen molar-refractivity contribution in [2.75, 3.05) is 19.5 Å². The second-order valence-corrected chi connectivity index (χ2v) is 5.41. The maximum atomic E-state index is 12.4.